The fourth-order valence-electron chi connectivity index (χ4n) is 5.34. The number of nitrogens with zero attached hydrogens (tertiary/aromatic N) is 6. The normalized spacial score (nSPS) is 25.2. The maximum absolute atomic E-state index is 13.3. The third-order valence-corrected chi connectivity index (χ3v) is 6.97. The van der Waals surface area contributed by atoms with Gasteiger partial charge in [-0.1, -0.05) is 18.2 Å². The van der Waals surface area contributed by atoms with Crippen molar-refractivity contribution in [2.45, 2.75) is 25.0 Å². The SMILES string of the molecule is O=C(c1cnc2c(c1)ncn2-c1ccccc1)N1C[C@H]2C[C@@H](n3ccnc3)[C@H](O)C[C@H]2C1. The van der Waals surface area contributed by atoms with Gasteiger partial charge in [0, 0.05) is 37.4 Å². The van der Waals surface area contributed by atoms with E-state index in [1.807, 2.05) is 56.6 Å². The number of fused-ring (bicyclic) bond motifs is 2. The first-order chi connectivity index (χ1) is 15.7. The van der Waals surface area contributed by atoms with Gasteiger partial charge in [0.1, 0.15) is 11.8 Å². The first-order valence-electron chi connectivity index (χ1n) is 11.0. The number of aromatic nitrogens is 5. The highest BCUT2D eigenvalue weighted by Gasteiger charge is 2.43. The Labute approximate surface area is 185 Å². The summed E-state index contributed by atoms with van der Waals surface area (Å²) in [4.78, 5) is 28.3. The second-order valence-electron chi connectivity index (χ2n) is 8.86. The van der Waals surface area contributed by atoms with Crippen molar-refractivity contribution in [2.24, 2.45) is 11.8 Å². The summed E-state index contributed by atoms with van der Waals surface area (Å²) in [6.45, 7) is 1.38. The van der Waals surface area contributed by atoms with Crippen LogP contribution in [-0.4, -0.2) is 59.2 Å². The fraction of sp³-hybridized carbons (Fsp3) is 0.333. The van der Waals surface area contributed by atoms with Gasteiger partial charge in [0.05, 0.1) is 24.0 Å². The van der Waals surface area contributed by atoms with Gasteiger partial charge in [-0.3, -0.25) is 9.36 Å². The molecular formula is C24H24N6O2. The lowest BCUT2D eigenvalue weighted by molar-refractivity contribution is 0.0357. The molecule has 0 radical (unpaired) electrons. The van der Waals surface area contributed by atoms with E-state index in [-0.39, 0.29) is 11.9 Å². The molecule has 162 valence electrons. The van der Waals surface area contributed by atoms with Crippen molar-refractivity contribution < 1.29 is 9.90 Å². The molecule has 1 aromatic carbocycles. The van der Waals surface area contributed by atoms with Gasteiger partial charge >= 0.3 is 0 Å². The number of hydrogen-bond acceptors (Lipinski definition) is 5. The molecule has 1 N–H and O–H groups in total. The third kappa shape index (κ3) is 3.18. The van der Waals surface area contributed by atoms with E-state index in [9.17, 15) is 9.90 Å². The largest absolute Gasteiger partial charge is 0.391 e. The monoisotopic (exact) mass is 428 g/mol. The molecule has 8 nitrogen and oxygen atoms in total. The lowest BCUT2D eigenvalue weighted by Gasteiger charge is -2.35. The average molecular weight is 428 g/mol. The summed E-state index contributed by atoms with van der Waals surface area (Å²) in [5, 5.41) is 10.7. The minimum absolute atomic E-state index is 0.0169. The number of aliphatic hydroxyl groups excluding tert-OH is 1. The summed E-state index contributed by atoms with van der Waals surface area (Å²) in [5.41, 5.74) is 2.97. The first-order valence-corrected chi connectivity index (χ1v) is 11.0. The highest BCUT2D eigenvalue weighted by Crippen LogP contribution is 2.41. The molecule has 6 rings (SSSR count). The lowest BCUT2D eigenvalue weighted by Crippen LogP contribution is -2.35. The molecular weight excluding hydrogens is 404 g/mol. The molecule has 0 unspecified atom stereocenters. The highest BCUT2D eigenvalue weighted by molar-refractivity contribution is 5.96. The smallest absolute Gasteiger partial charge is 0.255 e. The molecule has 32 heavy (non-hydrogen) atoms. The summed E-state index contributed by atoms with van der Waals surface area (Å²) >= 11 is 0. The first kappa shape index (κ1) is 19.2. The van der Waals surface area contributed by atoms with E-state index in [1.165, 1.54) is 0 Å². The average Bonchev–Trinajstić information content (AvgIpc) is 3.57. The molecule has 8 heteroatoms. The topological polar surface area (TPSA) is 89.1 Å². The van der Waals surface area contributed by atoms with Crippen molar-refractivity contribution in [1.82, 2.24) is 29.0 Å². The summed E-state index contributed by atoms with van der Waals surface area (Å²) in [6.07, 6.45) is 9.94. The van der Waals surface area contributed by atoms with Crippen LogP contribution in [-0.2, 0) is 0 Å². The number of hydrogen-bond donors (Lipinski definition) is 1. The third-order valence-electron chi connectivity index (χ3n) is 6.97. The molecule has 4 aromatic rings. The second-order valence-corrected chi connectivity index (χ2v) is 8.86. The number of imidazole rings is 2. The van der Waals surface area contributed by atoms with E-state index in [1.54, 1.807) is 25.0 Å². The molecule has 1 saturated heterocycles. The molecule has 1 amide bonds. The van der Waals surface area contributed by atoms with Crippen molar-refractivity contribution >= 4 is 17.1 Å². The number of aliphatic hydroxyl groups is 1. The van der Waals surface area contributed by atoms with Gasteiger partial charge in [-0.25, -0.2) is 15.0 Å². The molecule has 1 aliphatic carbocycles. The van der Waals surface area contributed by atoms with Crippen LogP contribution < -0.4 is 0 Å². The Kier molecular flexibility index (Phi) is 4.53. The molecule has 4 heterocycles. The zero-order chi connectivity index (χ0) is 21.7. The number of carbonyl (C=O) groups is 1. The Bertz CT molecular complexity index is 1250. The fourth-order valence-corrected chi connectivity index (χ4v) is 5.34. The Balaban J connectivity index is 1.21. The van der Waals surface area contributed by atoms with Crippen molar-refractivity contribution in [3.05, 3.63) is 73.2 Å². The van der Waals surface area contributed by atoms with Crippen molar-refractivity contribution in [3.8, 4) is 5.69 Å². The maximum Gasteiger partial charge on any atom is 0.255 e. The second kappa shape index (κ2) is 7.56. The van der Waals surface area contributed by atoms with Crippen LogP contribution in [0.1, 0.15) is 29.2 Å². The van der Waals surface area contributed by atoms with E-state index < -0.39 is 6.10 Å². The van der Waals surface area contributed by atoms with Gasteiger partial charge in [0.15, 0.2) is 5.65 Å². The zero-order valence-electron chi connectivity index (χ0n) is 17.5. The van der Waals surface area contributed by atoms with Crippen LogP contribution in [0.15, 0.2) is 67.6 Å². The van der Waals surface area contributed by atoms with Gasteiger partial charge < -0.3 is 14.6 Å². The van der Waals surface area contributed by atoms with Crippen LogP contribution in [0, 0.1) is 11.8 Å². The predicted octanol–water partition coefficient (Wildman–Crippen LogP) is 2.70. The highest BCUT2D eigenvalue weighted by atomic mass is 16.3. The molecule has 1 saturated carbocycles. The van der Waals surface area contributed by atoms with Crippen LogP contribution in [0.2, 0.25) is 0 Å². The Morgan fingerprint density at radius 1 is 1.03 bits per heavy atom. The minimum atomic E-state index is -0.416. The lowest BCUT2D eigenvalue weighted by atomic mass is 9.77. The van der Waals surface area contributed by atoms with Crippen LogP contribution in [0.25, 0.3) is 16.9 Å². The molecule has 2 aliphatic rings. The number of benzene rings is 1. The predicted molar refractivity (Wildman–Crippen MR) is 118 cm³/mol. The molecule has 4 atom stereocenters. The van der Waals surface area contributed by atoms with E-state index in [0.29, 0.717) is 42.4 Å². The van der Waals surface area contributed by atoms with Gasteiger partial charge in [-0.15, -0.1) is 0 Å². The van der Waals surface area contributed by atoms with Crippen LogP contribution in [0.4, 0.5) is 0 Å². The summed E-state index contributed by atoms with van der Waals surface area (Å²) in [5.74, 6) is 0.683. The van der Waals surface area contributed by atoms with E-state index in [0.717, 1.165) is 17.8 Å². The number of carbonyl (C=O) groups excluding carboxylic acids is 1. The Hall–Kier alpha value is -3.52. The van der Waals surface area contributed by atoms with Gasteiger partial charge in [-0.05, 0) is 42.9 Å². The van der Waals surface area contributed by atoms with E-state index in [4.69, 9.17) is 0 Å². The van der Waals surface area contributed by atoms with E-state index >= 15 is 0 Å². The minimum Gasteiger partial charge on any atom is -0.391 e. The Morgan fingerprint density at radius 3 is 2.62 bits per heavy atom. The molecule has 1 aliphatic heterocycles. The number of para-hydroxylation sites is 1. The Morgan fingerprint density at radius 2 is 1.84 bits per heavy atom. The number of likely N-dealkylation sites (tertiary alicyclic amines) is 1. The summed E-state index contributed by atoms with van der Waals surface area (Å²) in [7, 11) is 0. The van der Waals surface area contributed by atoms with Gasteiger partial charge in [0.2, 0.25) is 0 Å². The quantitative estimate of drug-likeness (QED) is 0.542. The van der Waals surface area contributed by atoms with Crippen molar-refractivity contribution in [1.29, 1.82) is 0 Å². The molecule has 2 fully saturated rings. The number of pyridine rings is 1. The maximum atomic E-state index is 13.3. The number of amides is 1. The van der Waals surface area contributed by atoms with E-state index in [2.05, 4.69) is 15.0 Å². The van der Waals surface area contributed by atoms with Crippen molar-refractivity contribution in [2.75, 3.05) is 13.1 Å². The summed E-state index contributed by atoms with van der Waals surface area (Å²) < 4.78 is 3.91. The molecule has 0 bridgehead atoms. The molecule has 3 aromatic heterocycles. The van der Waals surface area contributed by atoms with Gasteiger partial charge in [-0.2, -0.15) is 0 Å². The van der Waals surface area contributed by atoms with Crippen LogP contribution >= 0.6 is 0 Å². The van der Waals surface area contributed by atoms with Gasteiger partial charge in [0.25, 0.3) is 5.91 Å². The zero-order valence-corrected chi connectivity index (χ0v) is 17.5. The summed E-state index contributed by atoms with van der Waals surface area (Å²) in [6, 6.07) is 11.8. The van der Waals surface area contributed by atoms with Crippen LogP contribution in [0.5, 0.6) is 0 Å². The molecule has 0 spiro atoms. The van der Waals surface area contributed by atoms with Crippen LogP contribution in [0.3, 0.4) is 0 Å². The number of rotatable bonds is 3. The van der Waals surface area contributed by atoms with Crippen molar-refractivity contribution in [3.63, 3.8) is 0 Å². The standard InChI is InChI=1S/C24H24N6O2/c31-22-10-18-13-29(12-17(18)9-21(22)28-7-6-25-14-28)24(32)16-8-20-23(26-11-16)30(15-27-20)19-4-2-1-3-5-19/h1-8,11,14-15,17-18,21-22,31H,9-10,12-13H2/t17-,18+,21-,22-/m1/s1.